The van der Waals surface area contributed by atoms with Crippen LogP contribution in [0.15, 0.2) is 22.7 Å². The summed E-state index contributed by atoms with van der Waals surface area (Å²) in [7, 11) is 1.52. The van der Waals surface area contributed by atoms with E-state index < -0.39 is 0 Å². The van der Waals surface area contributed by atoms with Gasteiger partial charge in [-0.25, -0.2) is 0 Å². The van der Waals surface area contributed by atoms with Crippen molar-refractivity contribution >= 4 is 33.5 Å². The van der Waals surface area contributed by atoms with Crippen LogP contribution in [0.25, 0.3) is 0 Å². The van der Waals surface area contributed by atoms with Crippen molar-refractivity contribution in [1.82, 2.24) is 15.0 Å². The van der Waals surface area contributed by atoms with E-state index in [9.17, 15) is 0 Å². The normalized spacial score (nSPS) is 10.2. The third-order valence-corrected chi connectivity index (χ3v) is 3.16. The number of hydrogen-bond acceptors (Lipinski definition) is 6. The Morgan fingerprint density at radius 2 is 1.95 bits per heavy atom. The number of anilines is 3. The van der Waals surface area contributed by atoms with Gasteiger partial charge in [0.2, 0.25) is 11.9 Å². The molecule has 20 heavy (non-hydrogen) atoms. The minimum atomic E-state index is 0.265. The van der Waals surface area contributed by atoms with Crippen molar-refractivity contribution in [3.8, 4) is 6.01 Å². The summed E-state index contributed by atoms with van der Waals surface area (Å²) < 4.78 is 6.02. The van der Waals surface area contributed by atoms with E-state index in [1.54, 1.807) is 0 Å². The molecular weight excluding hydrogens is 322 g/mol. The van der Waals surface area contributed by atoms with Gasteiger partial charge in [0.15, 0.2) is 0 Å². The van der Waals surface area contributed by atoms with Gasteiger partial charge in [-0.2, -0.15) is 15.0 Å². The second kappa shape index (κ2) is 6.51. The predicted octanol–water partition coefficient (Wildman–Crippen LogP) is 3.13. The van der Waals surface area contributed by atoms with Crippen LogP contribution < -0.4 is 15.4 Å². The lowest BCUT2D eigenvalue weighted by Crippen LogP contribution is -2.08. The van der Waals surface area contributed by atoms with Gasteiger partial charge in [-0.1, -0.05) is 6.07 Å². The van der Waals surface area contributed by atoms with Gasteiger partial charge < -0.3 is 15.4 Å². The molecular formula is C13H16BrN5O. The number of hydrogen-bond donors (Lipinski definition) is 2. The highest BCUT2D eigenvalue weighted by atomic mass is 79.9. The van der Waals surface area contributed by atoms with E-state index in [1.165, 1.54) is 12.7 Å². The Labute approximate surface area is 126 Å². The molecule has 0 atom stereocenters. The van der Waals surface area contributed by atoms with Crippen molar-refractivity contribution in [2.45, 2.75) is 13.8 Å². The fraction of sp³-hybridized carbons (Fsp3) is 0.308. The average Bonchev–Trinajstić information content (AvgIpc) is 2.42. The highest BCUT2D eigenvalue weighted by Gasteiger charge is 2.08. The van der Waals surface area contributed by atoms with Crippen LogP contribution in [0.3, 0.4) is 0 Å². The third kappa shape index (κ3) is 3.57. The summed E-state index contributed by atoms with van der Waals surface area (Å²) in [5.41, 5.74) is 2.05. The van der Waals surface area contributed by atoms with Crippen molar-refractivity contribution in [3.05, 3.63) is 28.2 Å². The monoisotopic (exact) mass is 337 g/mol. The Kier molecular flexibility index (Phi) is 4.73. The van der Waals surface area contributed by atoms with Gasteiger partial charge in [0.05, 0.1) is 12.8 Å². The largest absolute Gasteiger partial charge is 0.467 e. The van der Waals surface area contributed by atoms with Gasteiger partial charge in [0.1, 0.15) is 0 Å². The van der Waals surface area contributed by atoms with E-state index in [1.807, 2.05) is 32.0 Å². The van der Waals surface area contributed by atoms with Crippen LogP contribution in [0.5, 0.6) is 6.01 Å². The number of aryl methyl sites for hydroxylation is 1. The van der Waals surface area contributed by atoms with Crippen molar-refractivity contribution < 1.29 is 4.74 Å². The van der Waals surface area contributed by atoms with E-state index in [2.05, 4.69) is 41.5 Å². The Bertz CT molecular complexity index is 605. The zero-order valence-corrected chi connectivity index (χ0v) is 13.2. The van der Waals surface area contributed by atoms with E-state index in [0.717, 1.165) is 16.7 Å². The lowest BCUT2D eigenvalue weighted by atomic mass is 10.2. The zero-order valence-electron chi connectivity index (χ0n) is 11.6. The number of nitrogens with zero attached hydrogens (tertiary/aromatic N) is 3. The Balaban J connectivity index is 2.29. The Morgan fingerprint density at radius 3 is 2.60 bits per heavy atom. The smallest absolute Gasteiger partial charge is 0.322 e. The topological polar surface area (TPSA) is 72.0 Å². The molecule has 0 spiro atoms. The molecule has 2 rings (SSSR count). The van der Waals surface area contributed by atoms with Gasteiger partial charge in [-0.05, 0) is 47.5 Å². The highest BCUT2D eigenvalue weighted by molar-refractivity contribution is 9.10. The van der Waals surface area contributed by atoms with E-state index in [-0.39, 0.29) is 6.01 Å². The molecule has 1 aromatic heterocycles. The molecule has 1 heterocycles. The van der Waals surface area contributed by atoms with Crippen LogP contribution in [-0.2, 0) is 0 Å². The Hall–Kier alpha value is -1.89. The van der Waals surface area contributed by atoms with Gasteiger partial charge >= 0.3 is 6.01 Å². The molecule has 0 radical (unpaired) electrons. The number of methoxy groups -OCH3 is 1. The summed E-state index contributed by atoms with van der Waals surface area (Å²) in [6, 6.07) is 6.26. The van der Waals surface area contributed by atoms with Gasteiger partial charge in [0, 0.05) is 11.0 Å². The minimum absolute atomic E-state index is 0.265. The molecule has 0 saturated heterocycles. The lowest BCUT2D eigenvalue weighted by Gasteiger charge is -2.10. The molecule has 0 aliphatic heterocycles. The van der Waals surface area contributed by atoms with Crippen LogP contribution in [0.4, 0.5) is 17.6 Å². The molecule has 0 aliphatic rings. The van der Waals surface area contributed by atoms with E-state index in [4.69, 9.17) is 4.74 Å². The van der Waals surface area contributed by atoms with E-state index >= 15 is 0 Å². The fourth-order valence-electron chi connectivity index (χ4n) is 1.58. The standard InChI is InChI=1S/C13H16BrN5O/c1-4-15-11-17-12(19-13(18-11)20-3)16-10-6-5-8(2)7-9(10)14/h5-7H,4H2,1-3H3,(H2,15,16,17,18,19). The second-order valence-electron chi connectivity index (χ2n) is 4.11. The molecule has 0 amide bonds. The fourth-order valence-corrected chi connectivity index (χ4v) is 2.18. The van der Waals surface area contributed by atoms with Crippen molar-refractivity contribution in [3.63, 3.8) is 0 Å². The van der Waals surface area contributed by atoms with Crippen molar-refractivity contribution in [1.29, 1.82) is 0 Å². The first kappa shape index (κ1) is 14.5. The van der Waals surface area contributed by atoms with Crippen LogP contribution in [0.2, 0.25) is 0 Å². The quantitative estimate of drug-likeness (QED) is 0.873. The molecule has 0 saturated carbocycles. The molecule has 2 N–H and O–H groups in total. The molecule has 0 bridgehead atoms. The zero-order chi connectivity index (χ0) is 14.5. The summed E-state index contributed by atoms with van der Waals surface area (Å²) in [5.74, 6) is 0.905. The van der Waals surface area contributed by atoms with Crippen molar-refractivity contribution in [2.24, 2.45) is 0 Å². The maximum atomic E-state index is 5.07. The number of ether oxygens (including phenoxy) is 1. The minimum Gasteiger partial charge on any atom is -0.467 e. The number of halogens is 1. The van der Waals surface area contributed by atoms with Crippen LogP contribution in [-0.4, -0.2) is 28.6 Å². The van der Waals surface area contributed by atoms with Crippen molar-refractivity contribution in [2.75, 3.05) is 24.3 Å². The first-order chi connectivity index (χ1) is 9.62. The summed E-state index contributed by atoms with van der Waals surface area (Å²) in [6.07, 6.45) is 0. The number of benzene rings is 1. The van der Waals surface area contributed by atoms with Crippen LogP contribution >= 0.6 is 15.9 Å². The maximum Gasteiger partial charge on any atom is 0.322 e. The number of nitrogens with one attached hydrogen (secondary N) is 2. The van der Waals surface area contributed by atoms with Gasteiger partial charge in [0.25, 0.3) is 0 Å². The molecule has 106 valence electrons. The van der Waals surface area contributed by atoms with Crippen LogP contribution in [0.1, 0.15) is 12.5 Å². The summed E-state index contributed by atoms with van der Waals surface area (Å²) in [4.78, 5) is 12.6. The SMILES string of the molecule is CCNc1nc(Nc2ccc(C)cc2Br)nc(OC)n1. The first-order valence-corrected chi connectivity index (χ1v) is 6.98. The summed E-state index contributed by atoms with van der Waals surface area (Å²) in [6.45, 7) is 4.73. The maximum absolute atomic E-state index is 5.07. The van der Waals surface area contributed by atoms with Crippen LogP contribution in [0, 0.1) is 6.92 Å². The molecule has 0 unspecified atom stereocenters. The number of rotatable bonds is 5. The predicted molar refractivity (Wildman–Crippen MR) is 82.7 cm³/mol. The molecule has 0 fully saturated rings. The Morgan fingerprint density at radius 1 is 1.20 bits per heavy atom. The molecule has 1 aromatic carbocycles. The lowest BCUT2D eigenvalue weighted by molar-refractivity contribution is 0.379. The first-order valence-electron chi connectivity index (χ1n) is 6.19. The number of aromatic nitrogens is 3. The summed E-state index contributed by atoms with van der Waals surface area (Å²) >= 11 is 3.51. The van der Waals surface area contributed by atoms with E-state index in [0.29, 0.717) is 11.9 Å². The third-order valence-electron chi connectivity index (χ3n) is 2.50. The summed E-state index contributed by atoms with van der Waals surface area (Å²) in [5, 5.41) is 6.18. The highest BCUT2D eigenvalue weighted by Crippen LogP contribution is 2.26. The van der Waals surface area contributed by atoms with Gasteiger partial charge in [-0.15, -0.1) is 0 Å². The molecule has 6 nitrogen and oxygen atoms in total. The van der Waals surface area contributed by atoms with Gasteiger partial charge in [-0.3, -0.25) is 0 Å². The average molecular weight is 338 g/mol. The molecule has 2 aromatic rings. The molecule has 0 aliphatic carbocycles. The molecule has 7 heteroatoms. The second-order valence-corrected chi connectivity index (χ2v) is 4.96.